The van der Waals surface area contributed by atoms with Crippen molar-refractivity contribution in [3.8, 4) is 6.07 Å². The number of nitrogens with zero attached hydrogens (tertiary/aromatic N) is 1. The van der Waals surface area contributed by atoms with E-state index in [0.29, 0.717) is 6.42 Å². The predicted molar refractivity (Wildman–Crippen MR) is 48.7 cm³/mol. The molecule has 1 saturated carbocycles. The van der Waals surface area contributed by atoms with Crippen molar-refractivity contribution in [2.24, 2.45) is 11.7 Å². The first-order valence-electron chi connectivity index (χ1n) is 4.59. The monoisotopic (exact) mass is 181 g/mol. The number of nitriles is 1. The van der Waals surface area contributed by atoms with Crippen molar-refractivity contribution < 1.29 is 4.79 Å². The van der Waals surface area contributed by atoms with Crippen LogP contribution in [0.1, 0.15) is 32.6 Å². The predicted octanol–water partition coefficient (Wildman–Crippen LogP) is 1.13. The van der Waals surface area contributed by atoms with E-state index in [1.165, 1.54) is 0 Å². The summed E-state index contributed by atoms with van der Waals surface area (Å²) in [4.78, 5) is 10.7. The van der Waals surface area contributed by atoms with Crippen LogP contribution in [0.15, 0.2) is 0 Å². The van der Waals surface area contributed by atoms with E-state index >= 15 is 0 Å². The molecule has 13 heavy (non-hydrogen) atoms. The van der Waals surface area contributed by atoms with Crippen molar-refractivity contribution in [2.45, 2.75) is 38.1 Å². The fourth-order valence-corrected chi connectivity index (χ4v) is 1.95. The van der Waals surface area contributed by atoms with Crippen LogP contribution in [0.25, 0.3) is 0 Å². The summed E-state index contributed by atoms with van der Waals surface area (Å²) in [5.41, 5.74) is 4.33. The molecule has 0 aromatic carbocycles. The lowest BCUT2D eigenvalue weighted by Gasteiger charge is -2.36. The van der Waals surface area contributed by atoms with E-state index in [2.05, 4.69) is 11.4 Å². The van der Waals surface area contributed by atoms with Crippen molar-refractivity contribution in [3.63, 3.8) is 0 Å². The zero-order valence-electron chi connectivity index (χ0n) is 7.84. The molecule has 0 heterocycles. The standard InChI is InChI=1S/C9H15N3O/c1-7-4-2-3-5-9(7,6-10)12-8(11)13/h7H,2-5H2,1H3,(H3,11,12,13)/t7-,9-/m0/s1. The summed E-state index contributed by atoms with van der Waals surface area (Å²) in [5.74, 6) is 0.193. The Morgan fingerprint density at radius 3 is 2.85 bits per heavy atom. The van der Waals surface area contributed by atoms with Gasteiger partial charge in [-0.3, -0.25) is 0 Å². The summed E-state index contributed by atoms with van der Waals surface area (Å²) in [6.07, 6.45) is 3.81. The molecule has 1 fully saturated rings. The Morgan fingerprint density at radius 2 is 2.38 bits per heavy atom. The topological polar surface area (TPSA) is 78.9 Å². The number of carbonyl (C=O) groups is 1. The molecule has 0 bridgehead atoms. The second-order valence-corrected chi connectivity index (χ2v) is 3.72. The largest absolute Gasteiger partial charge is 0.352 e. The number of rotatable bonds is 1. The van der Waals surface area contributed by atoms with Gasteiger partial charge in [-0.25, -0.2) is 4.79 Å². The maximum absolute atomic E-state index is 10.7. The van der Waals surface area contributed by atoms with Crippen molar-refractivity contribution in [2.75, 3.05) is 0 Å². The molecule has 0 aromatic heterocycles. The molecule has 72 valence electrons. The Morgan fingerprint density at radius 1 is 1.69 bits per heavy atom. The summed E-state index contributed by atoms with van der Waals surface area (Å²) < 4.78 is 0. The third kappa shape index (κ3) is 1.92. The van der Waals surface area contributed by atoms with Crippen LogP contribution in [0.5, 0.6) is 0 Å². The molecule has 1 aliphatic carbocycles. The molecule has 1 aliphatic rings. The van der Waals surface area contributed by atoms with Gasteiger partial charge in [-0.2, -0.15) is 5.26 Å². The Kier molecular flexibility index (Phi) is 2.76. The zero-order valence-corrected chi connectivity index (χ0v) is 7.84. The maximum Gasteiger partial charge on any atom is 0.313 e. The van der Waals surface area contributed by atoms with Crippen LogP contribution in [0, 0.1) is 17.2 Å². The molecule has 0 spiro atoms. The van der Waals surface area contributed by atoms with Crippen LogP contribution in [0.2, 0.25) is 0 Å². The summed E-state index contributed by atoms with van der Waals surface area (Å²) >= 11 is 0. The van der Waals surface area contributed by atoms with Gasteiger partial charge in [0.2, 0.25) is 0 Å². The Balaban J connectivity index is 2.77. The first-order valence-corrected chi connectivity index (χ1v) is 4.59. The Bertz CT molecular complexity index is 246. The SMILES string of the molecule is C[C@H]1CCCC[C@@]1(C#N)NC(N)=O. The van der Waals surface area contributed by atoms with Crippen LogP contribution < -0.4 is 11.1 Å². The Labute approximate surface area is 78.1 Å². The number of carbonyl (C=O) groups excluding carboxylic acids is 1. The lowest BCUT2D eigenvalue weighted by Crippen LogP contribution is -2.55. The van der Waals surface area contributed by atoms with Crippen LogP contribution in [0.3, 0.4) is 0 Å². The minimum absolute atomic E-state index is 0.193. The highest BCUT2D eigenvalue weighted by Gasteiger charge is 2.39. The van der Waals surface area contributed by atoms with Gasteiger partial charge in [-0.05, 0) is 18.8 Å². The maximum atomic E-state index is 10.7. The first kappa shape index (κ1) is 9.85. The molecule has 2 atom stereocenters. The van der Waals surface area contributed by atoms with Gasteiger partial charge in [0.25, 0.3) is 0 Å². The highest BCUT2D eigenvalue weighted by Crippen LogP contribution is 2.32. The van der Waals surface area contributed by atoms with Gasteiger partial charge >= 0.3 is 6.03 Å². The van der Waals surface area contributed by atoms with E-state index in [0.717, 1.165) is 19.3 Å². The quantitative estimate of drug-likeness (QED) is 0.636. The molecule has 3 N–H and O–H groups in total. The van der Waals surface area contributed by atoms with E-state index in [-0.39, 0.29) is 5.92 Å². The molecule has 0 aromatic rings. The summed E-state index contributed by atoms with van der Waals surface area (Å²) in [6, 6.07) is 1.59. The van der Waals surface area contributed by atoms with Gasteiger partial charge in [0, 0.05) is 0 Å². The van der Waals surface area contributed by atoms with E-state index in [4.69, 9.17) is 11.0 Å². The van der Waals surface area contributed by atoms with Gasteiger partial charge in [0.05, 0.1) is 6.07 Å². The van der Waals surface area contributed by atoms with Crippen LogP contribution in [0.4, 0.5) is 4.79 Å². The van der Waals surface area contributed by atoms with Crippen molar-refractivity contribution in [1.82, 2.24) is 5.32 Å². The molecule has 4 nitrogen and oxygen atoms in total. The number of hydrogen-bond acceptors (Lipinski definition) is 2. The highest BCUT2D eigenvalue weighted by atomic mass is 16.2. The summed E-state index contributed by atoms with van der Waals surface area (Å²) in [6.45, 7) is 1.98. The molecule has 0 aliphatic heterocycles. The smallest absolute Gasteiger partial charge is 0.313 e. The van der Waals surface area contributed by atoms with E-state index < -0.39 is 11.6 Å². The molecular formula is C9H15N3O. The van der Waals surface area contributed by atoms with Crippen LogP contribution in [-0.4, -0.2) is 11.6 Å². The molecule has 4 heteroatoms. The van der Waals surface area contributed by atoms with Gasteiger partial charge in [-0.15, -0.1) is 0 Å². The second kappa shape index (κ2) is 3.65. The van der Waals surface area contributed by atoms with E-state index in [1.807, 2.05) is 6.92 Å². The number of amides is 2. The van der Waals surface area contributed by atoms with Gasteiger partial charge in [0.15, 0.2) is 0 Å². The van der Waals surface area contributed by atoms with E-state index in [1.54, 1.807) is 0 Å². The van der Waals surface area contributed by atoms with Crippen molar-refractivity contribution in [1.29, 1.82) is 5.26 Å². The van der Waals surface area contributed by atoms with Crippen molar-refractivity contribution >= 4 is 6.03 Å². The Hall–Kier alpha value is -1.24. The molecule has 2 amide bonds. The average molecular weight is 181 g/mol. The van der Waals surface area contributed by atoms with Gasteiger partial charge in [-0.1, -0.05) is 19.8 Å². The molecule has 1 rings (SSSR count). The zero-order chi connectivity index (χ0) is 9.90. The number of urea groups is 1. The normalized spacial score (nSPS) is 33.4. The average Bonchev–Trinajstić information content (AvgIpc) is 2.08. The molecule has 0 saturated heterocycles. The number of nitrogens with two attached hydrogens (primary N) is 1. The number of nitrogens with one attached hydrogen (secondary N) is 1. The minimum atomic E-state index is -0.718. The third-order valence-electron chi connectivity index (χ3n) is 2.85. The minimum Gasteiger partial charge on any atom is -0.352 e. The highest BCUT2D eigenvalue weighted by molar-refractivity contribution is 5.73. The number of hydrogen-bond donors (Lipinski definition) is 2. The fraction of sp³-hybridized carbons (Fsp3) is 0.778. The second-order valence-electron chi connectivity index (χ2n) is 3.72. The summed E-state index contributed by atoms with van der Waals surface area (Å²) in [7, 11) is 0. The van der Waals surface area contributed by atoms with Crippen molar-refractivity contribution in [3.05, 3.63) is 0 Å². The van der Waals surface area contributed by atoms with Crippen LogP contribution in [-0.2, 0) is 0 Å². The van der Waals surface area contributed by atoms with Crippen LogP contribution >= 0.6 is 0 Å². The van der Waals surface area contributed by atoms with E-state index in [9.17, 15) is 4.79 Å². The number of primary amides is 1. The fourth-order valence-electron chi connectivity index (χ4n) is 1.95. The van der Waals surface area contributed by atoms with Gasteiger partial charge < -0.3 is 11.1 Å². The molecule has 0 unspecified atom stereocenters. The summed E-state index contributed by atoms with van der Waals surface area (Å²) in [5, 5.41) is 11.6. The molecule has 0 radical (unpaired) electrons. The third-order valence-corrected chi connectivity index (χ3v) is 2.85. The van der Waals surface area contributed by atoms with Gasteiger partial charge in [0.1, 0.15) is 5.54 Å². The lowest BCUT2D eigenvalue weighted by molar-refractivity contribution is 0.200. The lowest BCUT2D eigenvalue weighted by atomic mass is 9.74. The molecular weight excluding hydrogens is 166 g/mol. The first-order chi connectivity index (χ1) is 6.10.